The molecule has 0 aliphatic carbocycles. The van der Waals surface area contributed by atoms with Gasteiger partial charge < -0.3 is 19.7 Å². The second kappa shape index (κ2) is 7.89. The van der Waals surface area contributed by atoms with Gasteiger partial charge in [-0.15, -0.1) is 0 Å². The van der Waals surface area contributed by atoms with Crippen molar-refractivity contribution in [1.82, 2.24) is 14.5 Å². The molecule has 2 N–H and O–H groups in total. The van der Waals surface area contributed by atoms with Gasteiger partial charge in [0.05, 0.1) is 12.3 Å². The molecule has 0 bridgehead atoms. The summed E-state index contributed by atoms with van der Waals surface area (Å²) in [6.45, 7) is 3.40. The quantitative estimate of drug-likeness (QED) is 0.797. The summed E-state index contributed by atoms with van der Waals surface area (Å²) in [5.41, 5.74) is 1.58. The fourth-order valence-electron chi connectivity index (χ4n) is 2.42. The third kappa shape index (κ3) is 5.19. The number of rotatable bonds is 7. The average molecular weight is 317 g/mol. The number of aliphatic hydroxyl groups excluding tert-OH is 1. The molecule has 0 aliphatic rings. The highest BCUT2D eigenvalue weighted by atomic mass is 16.3. The van der Waals surface area contributed by atoms with Crippen molar-refractivity contribution in [3.05, 3.63) is 58.3 Å². The van der Waals surface area contributed by atoms with Gasteiger partial charge >= 0.3 is 0 Å². The zero-order valence-corrected chi connectivity index (χ0v) is 13.5. The number of likely N-dealkylation sites (N-methyl/N-ethyl adjacent to an activating group) is 1. The Morgan fingerprint density at radius 1 is 1.35 bits per heavy atom. The van der Waals surface area contributed by atoms with Crippen LogP contribution in [0, 0.1) is 0 Å². The molecule has 0 fully saturated rings. The number of nitrogens with zero attached hydrogens (tertiary/aromatic N) is 3. The first kappa shape index (κ1) is 17.2. The lowest BCUT2D eigenvalue weighted by molar-refractivity contribution is 0.170. The molecule has 0 aliphatic heterocycles. The Kier molecular flexibility index (Phi) is 5.90. The smallest absolute Gasteiger partial charge is 0.223 e. The molecule has 2 aromatic heterocycles. The van der Waals surface area contributed by atoms with Gasteiger partial charge in [-0.2, -0.15) is 0 Å². The van der Waals surface area contributed by atoms with Gasteiger partial charge in [0.1, 0.15) is 0 Å². The van der Waals surface area contributed by atoms with Crippen LogP contribution in [-0.4, -0.2) is 44.4 Å². The second-order valence-electron chi connectivity index (χ2n) is 5.86. The lowest BCUT2D eigenvalue weighted by Crippen LogP contribution is -2.26. The molecule has 0 radical (unpaired) electrons. The van der Waals surface area contributed by atoms with Crippen LogP contribution in [-0.2, 0) is 19.5 Å². The summed E-state index contributed by atoms with van der Waals surface area (Å²) in [7, 11) is 1.98. The van der Waals surface area contributed by atoms with Gasteiger partial charge in [-0.3, -0.25) is 9.78 Å². The minimum absolute atomic E-state index is 0.297. The number of hydrogen-bond acceptors (Lipinski definition) is 5. The van der Waals surface area contributed by atoms with Gasteiger partial charge in [-0.1, -0.05) is 0 Å². The minimum atomic E-state index is -0.558. The third-order valence-corrected chi connectivity index (χ3v) is 3.62. The number of aromatic nitrogens is 2. The van der Waals surface area contributed by atoms with Crippen LogP contribution in [0.3, 0.4) is 0 Å². The molecule has 0 saturated heterocycles. The zero-order chi connectivity index (χ0) is 16.8. The van der Waals surface area contributed by atoms with E-state index in [1.165, 1.54) is 17.8 Å². The van der Waals surface area contributed by atoms with E-state index in [0.29, 0.717) is 13.1 Å². The second-order valence-corrected chi connectivity index (χ2v) is 5.86. The van der Waals surface area contributed by atoms with Crippen molar-refractivity contribution in [3.8, 4) is 5.75 Å². The van der Waals surface area contributed by atoms with E-state index in [0.717, 1.165) is 18.7 Å². The molecule has 6 heteroatoms. The van der Waals surface area contributed by atoms with E-state index < -0.39 is 11.5 Å². The van der Waals surface area contributed by atoms with Crippen molar-refractivity contribution in [2.24, 2.45) is 0 Å². The summed E-state index contributed by atoms with van der Waals surface area (Å²) in [5.74, 6) is -0.297. The Labute approximate surface area is 135 Å². The van der Waals surface area contributed by atoms with Crippen LogP contribution in [0.5, 0.6) is 5.75 Å². The van der Waals surface area contributed by atoms with Crippen LogP contribution in [0.25, 0.3) is 0 Å². The van der Waals surface area contributed by atoms with Crippen molar-refractivity contribution in [1.29, 1.82) is 0 Å². The van der Waals surface area contributed by atoms with Crippen molar-refractivity contribution >= 4 is 0 Å². The van der Waals surface area contributed by atoms with Gasteiger partial charge in [0.2, 0.25) is 5.43 Å². The van der Waals surface area contributed by atoms with E-state index in [2.05, 4.69) is 9.88 Å². The first-order valence-electron chi connectivity index (χ1n) is 7.63. The predicted molar refractivity (Wildman–Crippen MR) is 88.3 cm³/mol. The Balaban J connectivity index is 2.05. The molecule has 23 heavy (non-hydrogen) atoms. The Morgan fingerprint density at radius 3 is 2.70 bits per heavy atom. The molecule has 0 amide bonds. The van der Waals surface area contributed by atoms with E-state index in [9.17, 15) is 15.0 Å². The van der Waals surface area contributed by atoms with Crippen LogP contribution >= 0.6 is 0 Å². The summed E-state index contributed by atoms with van der Waals surface area (Å²) >= 11 is 0. The van der Waals surface area contributed by atoms with E-state index >= 15 is 0 Å². The molecule has 2 rings (SSSR count). The highest BCUT2D eigenvalue weighted by molar-refractivity contribution is 5.20. The molecule has 124 valence electrons. The highest BCUT2D eigenvalue weighted by Crippen LogP contribution is 2.09. The molecule has 2 aromatic rings. The lowest BCUT2D eigenvalue weighted by Gasteiger charge is -2.21. The maximum Gasteiger partial charge on any atom is 0.223 e. The fraction of sp³-hybridized carbons (Fsp3) is 0.412. The molecule has 0 saturated carbocycles. The van der Waals surface area contributed by atoms with E-state index in [1.807, 2.05) is 19.2 Å². The van der Waals surface area contributed by atoms with Gasteiger partial charge in [0, 0.05) is 43.8 Å². The Morgan fingerprint density at radius 2 is 2.04 bits per heavy atom. The van der Waals surface area contributed by atoms with Gasteiger partial charge in [-0.25, -0.2) is 0 Å². The van der Waals surface area contributed by atoms with Crippen molar-refractivity contribution < 1.29 is 10.2 Å². The van der Waals surface area contributed by atoms with E-state index in [4.69, 9.17) is 0 Å². The number of pyridine rings is 2. The summed E-state index contributed by atoms with van der Waals surface area (Å²) in [6.07, 6.45) is 5.27. The molecule has 6 nitrogen and oxygen atoms in total. The minimum Gasteiger partial charge on any atom is -0.503 e. The van der Waals surface area contributed by atoms with E-state index in [1.54, 1.807) is 23.9 Å². The maximum absolute atomic E-state index is 11.7. The topological polar surface area (TPSA) is 78.6 Å². The first-order chi connectivity index (χ1) is 11.0. The third-order valence-electron chi connectivity index (χ3n) is 3.62. The van der Waals surface area contributed by atoms with Crippen LogP contribution in [0.1, 0.15) is 18.2 Å². The SMILES string of the molecule is CC(O)Cn1cc(O)c(=O)cc1CN(C)CCc1ccncc1. The van der Waals surface area contributed by atoms with Gasteiger partial charge in [0.25, 0.3) is 0 Å². The van der Waals surface area contributed by atoms with Crippen LogP contribution in [0.2, 0.25) is 0 Å². The Bertz CT molecular complexity index is 683. The lowest BCUT2D eigenvalue weighted by atomic mass is 10.2. The summed E-state index contributed by atoms with van der Waals surface area (Å²) in [4.78, 5) is 17.8. The molecule has 0 aromatic carbocycles. The Hall–Kier alpha value is -2.18. The number of aromatic hydroxyl groups is 1. The van der Waals surface area contributed by atoms with Crippen LogP contribution in [0.4, 0.5) is 0 Å². The van der Waals surface area contributed by atoms with E-state index in [-0.39, 0.29) is 5.75 Å². The summed E-state index contributed by atoms with van der Waals surface area (Å²) in [5, 5.41) is 19.2. The average Bonchev–Trinajstić information content (AvgIpc) is 2.51. The number of hydrogen-bond donors (Lipinski definition) is 2. The van der Waals surface area contributed by atoms with Crippen LogP contribution < -0.4 is 5.43 Å². The standard InChI is InChI=1S/C17H23N3O3/c1-13(21)10-20-12-17(23)16(22)9-15(20)11-19(2)8-5-14-3-6-18-7-4-14/h3-4,6-7,9,12-13,21,23H,5,8,10-11H2,1-2H3. The van der Waals surface area contributed by atoms with Crippen molar-refractivity contribution in [3.63, 3.8) is 0 Å². The number of aliphatic hydroxyl groups is 1. The molecular formula is C17H23N3O3. The summed E-state index contributed by atoms with van der Waals surface area (Å²) in [6, 6.07) is 5.40. The largest absolute Gasteiger partial charge is 0.503 e. The monoisotopic (exact) mass is 317 g/mol. The predicted octanol–water partition coefficient (Wildman–Crippen LogP) is 1.00. The van der Waals surface area contributed by atoms with Gasteiger partial charge in [0.15, 0.2) is 5.75 Å². The summed E-state index contributed by atoms with van der Waals surface area (Å²) < 4.78 is 1.73. The first-order valence-corrected chi connectivity index (χ1v) is 7.63. The van der Waals surface area contributed by atoms with Crippen LogP contribution in [0.15, 0.2) is 41.6 Å². The molecule has 1 unspecified atom stereocenters. The molecule has 2 heterocycles. The zero-order valence-electron chi connectivity index (χ0n) is 13.5. The van der Waals surface area contributed by atoms with Crippen molar-refractivity contribution in [2.75, 3.05) is 13.6 Å². The molecule has 0 spiro atoms. The normalized spacial score (nSPS) is 12.5. The van der Waals surface area contributed by atoms with Crippen molar-refractivity contribution in [2.45, 2.75) is 32.5 Å². The fourth-order valence-corrected chi connectivity index (χ4v) is 2.42. The highest BCUT2D eigenvalue weighted by Gasteiger charge is 2.10. The maximum atomic E-state index is 11.7. The molecule has 1 atom stereocenters. The molecular weight excluding hydrogens is 294 g/mol. The van der Waals surface area contributed by atoms with Gasteiger partial charge in [-0.05, 0) is 38.1 Å².